The van der Waals surface area contributed by atoms with Crippen molar-refractivity contribution in [2.75, 3.05) is 4.90 Å². The van der Waals surface area contributed by atoms with Crippen LogP contribution < -0.4 is 15.3 Å². The van der Waals surface area contributed by atoms with Crippen molar-refractivity contribution >= 4 is 83.2 Å². The van der Waals surface area contributed by atoms with Gasteiger partial charge < -0.3 is 13.9 Å². The molecule has 0 aliphatic heterocycles. The summed E-state index contributed by atoms with van der Waals surface area (Å²) in [6.07, 6.45) is 11.5. The molecule has 2 heterocycles. The Morgan fingerprint density at radius 2 is 1.09 bits per heavy atom. The van der Waals surface area contributed by atoms with E-state index in [-0.39, 0.29) is 11.8 Å². The van der Waals surface area contributed by atoms with E-state index in [4.69, 9.17) is 4.42 Å². The molecule has 0 saturated carbocycles. The molecule has 2 aliphatic rings. The topological polar surface area (TPSA) is 21.3 Å². The SMILES string of the molecule is C1=CC2=c3ccccc3=CC(c3ccc(N(c4ccc(-c5ccccc5-n5c6ccccc6c6ccccc65)cc4)c4ccccc4-c4cccc5oc6cc7ccccc7cc6c45)cc3)C2C=C1. The van der Waals surface area contributed by atoms with Gasteiger partial charge in [-0.15, -0.1) is 0 Å². The molecule has 2 unspecified atom stereocenters. The first-order valence-electron chi connectivity index (χ1n) is 23.9. The summed E-state index contributed by atoms with van der Waals surface area (Å²) >= 11 is 0. The summed E-state index contributed by atoms with van der Waals surface area (Å²) in [5.74, 6) is 0.482. The molecular formula is C66H44N2O. The highest BCUT2D eigenvalue weighted by molar-refractivity contribution is 6.17. The van der Waals surface area contributed by atoms with Crippen LogP contribution >= 0.6 is 0 Å². The van der Waals surface area contributed by atoms with Gasteiger partial charge in [-0.3, -0.25) is 0 Å². The minimum atomic E-state index is 0.211. The molecule has 3 heteroatoms. The number of anilines is 3. The highest BCUT2D eigenvalue weighted by Crippen LogP contribution is 2.47. The van der Waals surface area contributed by atoms with Crippen molar-refractivity contribution < 1.29 is 4.42 Å². The van der Waals surface area contributed by atoms with Gasteiger partial charge in [0.15, 0.2) is 0 Å². The quantitative estimate of drug-likeness (QED) is 0.159. The molecule has 12 aromatic rings. The first kappa shape index (κ1) is 39.3. The zero-order chi connectivity index (χ0) is 45.4. The summed E-state index contributed by atoms with van der Waals surface area (Å²) < 4.78 is 9.05. The number of hydrogen-bond acceptors (Lipinski definition) is 2. The number of hydrogen-bond donors (Lipinski definition) is 0. The summed E-state index contributed by atoms with van der Waals surface area (Å²) in [5, 5.41) is 9.72. The molecule has 0 fully saturated rings. The predicted octanol–water partition coefficient (Wildman–Crippen LogP) is 16.1. The van der Waals surface area contributed by atoms with Crippen LogP contribution in [0.1, 0.15) is 11.5 Å². The average molecular weight is 881 g/mol. The van der Waals surface area contributed by atoms with Crippen molar-refractivity contribution in [1.29, 1.82) is 0 Å². The minimum Gasteiger partial charge on any atom is -0.456 e. The van der Waals surface area contributed by atoms with Gasteiger partial charge in [-0.05, 0) is 110 Å². The summed E-state index contributed by atoms with van der Waals surface area (Å²) in [6.45, 7) is 0. The van der Waals surface area contributed by atoms with E-state index in [9.17, 15) is 0 Å². The van der Waals surface area contributed by atoms with Gasteiger partial charge in [0.05, 0.1) is 22.4 Å². The van der Waals surface area contributed by atoms with Crippen molar-refractivity contribution in [3.8, 4) is 27.9 Å². The number of para-hydroxylation sites is 4. The van der Waals surface area contributed by atoms with E-state index in [0.29, 0.717) is 0 Å². The third-order valence-electron chi connectivity index (χ3n) is 14.6. The Kier molecular flexibility index (Phi) is 9.03. The van der Waals surface area contributed by atoms with Crippen LogP contribution in [-0.4, -0.2) is 4.57 Å². The van der Waals surface area contributed by atoms with Crippen LogP contribution in [0.2, 0.25) is 0 Å². The Labute approximate surface area is 399 Å². The third-order valence-corrected chi connectivity index (χ3v) is 14.6. The number of aromatic nitrogens is 1. The largest absolute Gasteiger partial charge is 0.456 e. The van der Waals surface area contributed by atoms with Crippen molar-refractivity contribution in [3.05, 3.63) is 265 Å². The molecule has 10 aromatic carbocycles. The molecule has 0 saturated heterocycles. The monoisotopic (exact) mass is 880 g/mol. The van der Waals surface area contributed by atoms with Gasteiger partial charge in [0.25, 0.3) is 0 Å². The molecule has 2 aromatic heterocycles. The highest BCUT2D eigenvalue weighted by Gasteiger charge is 2.27. The van der Waals surface area contributed by atoms with Gasteiger partial charge in [0.1, 0.15) is 11.2 Å². The summed E-state index contributed by atoms with van der Waals surface area (Å²) in [5.41, 5.74) is 15.8. The lowest BCUT2D eigenvalue weighted by molar-refractivity contribution is 0.669. The average Bonchev–Trinajstić information content (AvgIpc) is 3.96. The third kappa shape index (κ3) is 6.35. The lowest BCUT2D eigenvalue weighted by atomic mass is 9.75. The highest BCUT2D eigenvalue weighted by atomic mass is 16.3. The van der Waals surface area contributed by atoms with E-state index in [1.807, 2.05) is 0 Å². The summed E-state index contributed by atoms with van der Waals surface area (Å²) in [4.78, 5) is 2.43. The number of fused-ring (bicyclic) bond motifs is 9. The van der Waals surface area contributed by atoms with Crippen molar-refractivity contribution in [2.45, 2.75) is 5.92 Å². The van der Waals surface area contributed by atoms with Crippen LogP contribution in [0, 0.1) is 5.92 Å². The second kappa shape index (κ2) is 15.9. The fourth-order valence-corrected chi connectivity index (χ4v) is 11.4. The second-order valence-corrected chi connectivity index (χ2v) is 18.4. The normalized spacial score (nSPS) is 15.2. The van der Waals surface area contributed by atoms with E-state index in [2.05, 4.69) is 264 Å². The molecule has 14 rings (SSSR count). The van der Waals surface area contributed by atoms with Gasteiger partial charge in [0, 0.05) is 55.9 Å². The maximum absolute atomic E-state index is 6.63. The molecule has 0 spiro atoms. The van der Waals surface area contributed by atoms with Crippen molar-refractivity contribution in [3.63, 3.8) is 0 Å². The number of furan rings is 1. The molecule has 0 bridgehead atoms. The van der Waals surface area contributed by atoms with E-state index >= 15 is 0 Å². The van der Waals surface area contributed by atoms with Crippen LogP contribution in [0.5, 0.6) is 0 Å². The zero-order valence-corrected chi connectivity index (χ0v) is 37.7. The van der Waals surface area contributed by atoms with Gasteiger partial charge in [-0.25, -0.2) is 0 Å². The van der Waals surface area contributed by atoms with E-state index < -0.39 is 0 Å². The summed E-state index contributed by atoms with van der Waals surface area (Å²) in [6, 6.07) is 81.8. The maximum atomic E-state index is 6.63. The summed E-state index contributed by atoms with van der Waals surface area (Å²) in [7, 11) is 0. The smallest absolute Gasteiger partial charge is 0.136 e. The maximum Gasteiger partial charge on any atom is 0.136 e. The molecule has 0 N–H and O–H groups in total. The Morgan fingerprint density at radius 3 is 1.88 bits per heavy atom. The molecular weight excluding hydrogens is 837 g/mol. The van der Waals surface area contributed by atoms with Crippen LogP contribution in [-0.2, 0) is 0 Å². The first-order chi connectivity index (χ1) is 34.2. The Morgan fingerprint density at radius 1 is 0.449 bits per heavy atom. The van der Waals surface area contributed by atoms with Gasteiger partial charge in [-0.2, -0.15) is 0 Å². The van der Waals surface area contributed by atoms with Crippen LogP contribution in [0.25, 0.3) is 94.1 Å². The van der Waals surface area contributed by atoms with Gasteiger partial charge in [0.2, 0.25) is 0 Å². The van der Waals surface area contributed by atoms with Crippen molar-refractivity contribution in [1.82, 2.24) is 4.57 Å². The Hall–Kier alpha value is -8.92. The lowest BCUT2D eigenvalue weighted by Gasteiger charge is -2.30. The number of allylic oxidation sites excluding steroid dienone is 4. The fraction of sp³-hybridized carbons (Fsp3) is 0.0303. The number of rotatable bonds is 7. The predicted molar refractivity (Wildman–Crippen MR) is 289 cm³/mol. The van der Waals surface area contributed by atoms with Crippen LogP contribution in [0.4, 0.5) is 17.1 Å². The van der Waals surface area contributed by atoms with Crippen molar-refractivity contribution in [2.24, 2.45) is 5.92 Å². The van der Waals surface area contributed by atoms with Gasteiger partial charge >= 0.3 is 0 Å². The van der Waals surface area contributed by atoms with E-state index in [0.717, 1.165) is 61.4 Å². The minimum absolute atomic E-state index is 0.211. The molecule has 69 heavy (non-hydrogen) atoms. The second-order valence-electron chi connectivity index (χ2n) is 18.4. The Balaban J connectivity index is 0.929. The van der Waals surface area contributed by atoms with Crippen LogP contribution in [0.3, 0.4) is 0 Å². The number of benzene rings is 10. The Bertz CT molecular complexity index is 4150. The molecule has 0 amide bonds. The lowest BCUT2D eigenvalue weighted by Crippen LogP contribution is -2.35. The van der Waals surface area contributed by atoms with Gasteiger partial charge in [-0.1, -0.05) is 188 Å². The van der Waals surface area contributed by atoms with E-state index in [1.54, 1.807) is 0 Å². The zero-order valence-electron chi connectivity index (χ0n) is 37.7. The number of nitrogens with zero attached hydrogens (tertiary/aromatic N) is 2. The first-order valence-corrected chi connectivity index (χ1v) is 23.9. The molecule has 324 valence electrons. The van der Waals surface area contributed by atoms with E-state index in [1.165, 1.54) is 59.7 Å². The standard InChI is InChI=1S/C66H44N2O/c1-2-17-46-42-65-59(40-45(46)16-1)66-57(26-15-31-64(66)69-65)56-25-10-12-28-61(56)67(49-38-34-44(35-39-49)58-41-47-18-3-4-19-50(47)52-21-5-6-22-53(52)58)48-36-32-43(33-37-48)51-20-7-11-27-60(51)68-62-29-13-8-23-54(62)55-24-9-14-30-63(55)68/h1-42,53,58H. The van der Waals surface area contributed by atoms with Crippen LogP contribution in [0.15, 0.2) is 253 Å². The molecule has 2 atom stereocenters. The fourth-order valence-electron chi connectivity index (χ4n) is 11.4. The molecule has 2 aliphatic carbocycles. The molecule has 0 radical (unpaired) electrons. The molecule has 3 nitrogen and oxygen atoms in total.